The van der Waals surface area contributed by atoms with E-state index in [1.807, 2.05) is 0 Å². The normalized spacial score (nSPS) is 30.0. The Hall–Kier alpha value is -2.76. The summed E-state index contributed by atoms with van der Waals surface area (Å²) >= 11 is 0. The molecule has 7 rings (SSSR count). The summed E-state index contributed by atoms with van der Waals surface area (Å²) in [4.78, 5) is 24.9. The quantitative estimate of drug-likeness (QED) is 0.736. The van der Waals surface area contributed by atoms with Crippen LogP contribution in [0.2, 0.25) is 0 Å². The molecule has 0 spiro atoms. The molecule has 4 bridgehead atoms. The molecular formula is C23H25N5O. The summed E-state index contributed by atoms with van der Waals surface area (Å²) in [7, 11) is 0. The van der Waals surface area contributed by atoms with Crippen LogP contribution in [-0.4, -0.2) is 25.4 Å². The van der Waals surface area contributed by atoms with E-state index in [0.717, 1.165) is 29.0 Å². The lowest BCUT2D eigenvalue weighted by Gasteiger charge is -2.57. The molecule has 0 radical (unpaired) electrons. The predicted molar refractivity (Wildman–Crippen MR) is 110 cm³/mol. The van der Waals surface area contributed by atoms with Crippen LogP contribution >= 0.6 is 0 Å². The molecule has 148 valence electrons. The Kier molecular flexibility index (Phi) is 3.76. The maximum absolute atomic E-state index is 12.5. The summed E-state index contributed by atoms with van der Waals surface area (Å²) in [5.74, 6) is 2.74. The number of amides is 1. The van der Waals surface area contributed by atoms with Gasteiger partial charge in [-0.1, -0.05) is 12.1 Å². The third-order valence-corrected chi connectivity index (χ3v) is 7.43. The lowest BCUT2D eigenvalue weighted by Crippen LogP contribution is -2.48. The van der Waals surface area contributed by atoms with Crippen molar-refractivity contribution in [1.29, 1.82) is 0 Å². The zero-order valence-electron chi connectivity index (χ0n) is 16.4. The first-order chi connectivity index (χ1) is 14.2. The van der Waals surface area contributed by atoms with E-state index < -0.39 is 0 Å². The van der Waals surface area contributed by atoms with E-state index in [-0.39, 0.29) is 12.5 Å². The summed E-state index contributed by atoms with van der Waals surface area (Å²) in [6.07, 6.45) is 13.2. The highest BCUT2D eigenvalue weighted by Gasteiger charge is 2.51. The summed E-state index contributed by atoms with van der Waals surface area (Å²) in [5, 5.41) is 3.02. The van der Waals surface area contributed by atoms with E-state index in [2.05, 4.69) is 44.5 Å². The van der Waals surface area contributed by atoms with Crippen LogP contribution in [0.15, 0.2) is 43.1 Å². The molecule has 3 aromatic rings. The van der Waals surface area contributed by atoms with Gasteiger partial charge in [0.25, 0.3) is 0 Å². The van der Waals surface area contributed by atoms with Gasteiger partial charge in [-0.2, -0.15) is 0 Å². The summed E-state index contributed by atoms with van der Waals surface area (Å²) in [5.41, 5.74) is 4.09. The Bertz CT molecular complexity index is 1040. The molecule has 1 N–H and O–H groups in total. The van der Waals surface area contributed by atoms with Gasteiger partial charge in [0, 0.05) is 5.69 Å². The van der Waals surface area contributed by atoms with Crippen LogP contribution in [0.3, 0.4) is 0 Å². The highest BCUT2D eigenvalue weighted by molar-refractivity contribution is 5.91. The highest BCUT2D eigenvalue weighted by atomic mass is 16.1. The topological polar surface area (TPSA) is 72.7 Å². The second kappa shape index (κ2) is 6.37. The first kappa shape index (κ1) is 17.1. The fraction of sp³-hybridized carbons (Fsp3) is 0.478. The fourth-order valence-corrected chi connectivity index (χ4v) is 6.66. The molecule has 6 heteroatoms. The number of fused-ring (bicyclic) bond motifs is 1. The van der Waals surface area contributed by atoms with Gasteiger partial charge in [-0.25, -0.2) is 15.0 Å². The number of carbonyl (C=O) groups excluding carboxylic acids is 1. The molecule has 2 aromatic heterocycles. The molecule has 4 aliphatic carbocycles. The van der Waals surface area contributed by atoms with Crippen molar-refractivity contribution < 1.29 is 4.79 Å². The van der Waals surface area contributed by atoms with Crippen LogP contribution in [-0.2, 0) is 16.8 Å². The van der Waals surface area contributed by atoms with Crippen molar-refractivity contribution >= 4 is 22.8 Å². The first-order valence-corrected chi connectivity index (χ1v) is 10.7. The minimum Gasteiger partial charge on any atom is -0.325 e. The molecule has 0 aliphatic heterocycles. The van der Waals surface area contributed by atoms with Crippen molar-refractivity contribution in [2.75, 3.05) is 5.32 Å². The molecule has 1 amide bonds. The predicted octanol–water partition coefficient (Wildman–Crippen LogP) is 3.93. The van der Waals surface area contributed by atoms with Crippen LogP contribution in [0.1, 0.15) is 44.1 Å². The number of nitrogens with one attached hydrogen (secondary N) is 1. The summed E-state index contributed by atoms with van der Waals surface area (Å²) in [6, 6.07) is 8.65. The van der Waals surface area contributed by atoms with Gasteiger partial charge in [0.1, 0.15) is 18.4 Å². The monoisotopic (exact) mass is 387 g/mol. The molecule has 2 heterocycles. The Morgan fingerprint density at radius 1 is 1.03 bits per heavy atom. The second-order valence-corrected chi connectivity index (χ2v) is 9.43. The van der Waals surface area contributed by atoms with Crippen molar-refractivity contribution in [3.8, 4) is 0 Å². The Balaban J connectivity index is 1.17. The number of carbonyl (C=O) groups is 1. The Morgan fingerprint density at radius 3 is 2.41 bits per heavy atom. The summed E-state index contributed by atoms with van der Waals surface area (Å²) in [6.45, 7) is 0.195. The fourth-order valence-electron chi connectivity index (χ4n) is 6.66. The lowest BCUT2D eigenvalue weighted by atomic mass is 9.48. The number of anilines is 1. The van der Waals surface area contributed by atoms with E-state index in [1.54, 1.807) is 17.1 Å². The second-order valence-electron chi connectivity index (χ2n) is 9.43. The third-order valence-electron chi connectivity index (χ3n) is 7.43. The number of hydrogen-bond acceptors (Lipinski definition) is 4. The van der Waals surface area contributed by atoms with E-state index in [9.17, 15) is 4.79 Å². The number of benzene rings is 1. The molecule has 0 saturated heterocycles. The molecule has 4 fully saturated rings. The van der Waals surface area contributed by atoms with Crippen LogP contribution in [0, 0.1) is 17.8 Å². The third kappa shape index (κ3) is 2.93. The lowest BCUT2D eigenvalue weighted by molar-refractivity contribution is -0.116. The number of rotatable bonds is 4. The maximum atomic E-state index is 12.5. The Morgan fingerprint density at radius 2 is 1.72 bits per heavy atom. The van der Waals surface area contributed by atoms with Gasteiger partial charge in [-0.3, -0.25) is 4.79 Å². The molecule has 4 aliphatic rings. The number of nitrogens with zero attached hydrogens (tertiary/aromatic N) is 4. The minimum absolute atomic E-state index is 0.0734. The van der Waals surface area contributed by atoms with Crippen molar-refractivity contribution in [3.05, 3.63) is 48.7 Å². The van der Waals surface area contributed by atoms with Gasteiger partial charge in [-0.05, 0) is 79.4 Å². The number of hydrogen-bond donors (Lipinski definition) is 1. The SMILES string of the molecule is O=C(Cn1cnc2ncncc21)Nc1ccc(C23CC4CC(CC(C4)C2)C3)cc1. The van der Waals surface area contributed by atoms with Gasteiger partial charge < -0.3 is 9.88 Å². The largest absolute Gasteiger partial charge is 0.325 e. The molecule has 6 nitrogen and oxygen atoms in total. The van der Waals surface area contributed by atoms with E-state index in [0.29, 0.717) is 11.1 Å². The van der Waals surface area contributed by atoms with Gasteiger partial charge in [0.15, 0.2) is 5.65 Å². The van der Waals surface area contributed by atoms with Crippen molar-refractivity contribution in [1.82, 2.24) is 19.5 Å². The maximum Gasteiger partial charge on any atom is 0.244 e. The van der Waals surface area contributed by atoms with Gasteiger partial charge in [0.2, 0.25) is 5.91 Å². The van der Waals surface area contributed by atoms with Crippen molar-refractivity contribution in [3.63, 3.8) is 0 Å². The smallest absolute Gasteiger partial charge is 0.244 e. The molecule has 0 atom stereocenters. The van der Waals surface area contributed by atoms with Gasteiger partial charge in [0.05, 0.1) is 12.5 Å². The molecule has 4 saturated carbocycles. The molecule has 0 unspecified atom stereocenters. The highest BCUT2D eigenvalue weighted by Crippen LogP contribution is 2.60. The first-order valence-electron chi connectivity index (χ1n) is 10.7. The van der Waals surface area contributed by atoms with Gasteiger partial charge >= 0.3 is 0 Å². The molecule has 1 aromatic carbocycles. The molecular weight excluding hydrogens is 362 g/mol. The Labute approximate surface area is 169 Å². The van der Waals surface area contributed by atoms with Crippen LogP contribution in [0.4, 0.5) is 5.69 Å². The number of aromatic nitrogens is 4. The van der Waals surface area contributed by atoms with Gasteiger partial charge in [-0.15, -0.1) is 0 Å². The van der Waals surface area contributed by atoms with E-state index >= 15 is 0 Å². The zero-order chi connectivity index (χ0) is 19.4. The van der Waals surface area contributed by atoms with Crippen LogP contribution < -0.4 is 5.32 Å². The summed E-state index contributed by atoms with van der Waals surface area (Å²) < 4.78 is 1.77. The van der Waals surface area contributed by atoms with Crippen LogP contribution in [0.25, 0.3) is 11.2 Å². The van der Waals surface area contributed by atoms with Crippen molar-refractivity contribution in [2.45, 2.75) is 50.5 Å². The average Bonchev–Trinajstić information content (AvgIpc) is 3.10. The number of imidazole rings is 1. The molecule has 29 heavy (non-hydrogen) atoms. The van der Waals surface area contributed by atoms with Crippen molar-refractivity contribution in [2.24, 2.45) is 17.8 Å². The average molecular weight is 387 g/mol. The minimum atomic E-state index is -0.0734. The van der Waals surface area contributed by atoms with E-state index in [1.165, 1.54) is 50.4 Å². The van der Waals surface area contributed by atoms with Crippen LogP contribution in [0.5, 0.6) is 0 Å². The standard InChI is InChI=1S/C23H25N5O/c29-21(12-28-14-26-22-20(28)11-24-13-25-22)27-19-3-1-18(2-4-19)23-8-15-5-16(9-23)7-17(6-15)10-23/h1-4,11,13-17H,5-10,12H2,(H,27,29). The van der Waals surface area contributed by atoms with E-state index in [4.69, 9.17) is 0 Å². The zero-order valence-corrected chi connectivity index (χ0v) is 16.4.